The lowest BCUT2D eigenvalue weighted by Crippen LogP contribution is -2.48. The molecule has 1 aliphatic heterocycles. The van der Waals surface area contributed by atoms with Crippen molar-refractivity contribution in [2.45, 2.75) is 49.0 Å². The van der Waals surface area contributed by atoms with Crippen LogP contribution in [-0.2, 0) is 14.8 Å². The quantitative estimate of drug-likeness (QED) is 0.849. The van der Waals surface area contributed by atoms with Gasteiger partial charge in [-0.15, -0.1) is 0 Å². The molecule has 6 nitrogen and oxygen atoms in total. The van der Waals surface area contributed by atoms with E-state index in [1.165, 1.54) is 16.4 Å². The molecular formula is C16H22ClN3O3S. The molecule has 24 heavy (non-hydrogen) atoms. The van der Waals surface area contributed by atoms with Gasteiger partial charge in [-0.05, 0) is 43.9 Å². The number of rotatable bonds is 4. The maximum absolute atomic E-state index is 12.7. The minimum atomic E-state index is -3.64. The van der Waals surface area contributed by atoms with E-state index in [0.717, 1.165) is 25.7 Å². The Balaban J connectivity index is 1.85. The van der Waals surface area contributed by atoms with Crippen LogP contribution in [0.15, 0.2) is 23.1 Å². The number of carbonyl (C=O) groups is 1. The monoisotopic (exact) mass is 371 g/mol. The number of benzene rings is 1. The molecule has 1 saturated heterocycles. The summed E-state index contributed by atoms with van der Waals surface area (Å²) in [5.74, 6) is -0.271. The smallest absolute Gasteiger partial charge is 0.244 e. The summed E-state index contributed by atoms with van der Waals surface area (Å²) in [7, 11) is -3.64. The number of nitrogens with two attached hydrogens (primary N) is 1. The van der Waals surface area contributed by atoms with E-state index in [4.69, 9.17) is 17.3 Å². The van der Waals surface area contributed by atoms with Crippen LogP contribution in [0.3, 0.4) is 0 Å². The predicted molar refractivity (Wildman–Crippen MR) is 93.5 cm³/mol. The van der Waals surface area contributed by atoms with Gasteiger partial charge in [0.2, 0.25) is 15.9 Å². The summed E-state index contributed by atoms with van der Waals surface area (Å²) in [5.41, 5.74) is 5.67. The van der Waals surface area contributed by atoms with E-state index in [1.54, 1.807) is 6.07 Å². The van der Waals surface area contributed by atoms with Gasteiger partial charge < -0.3 is 11.1 Å². The fourth-order valence-electron chi connectivity index (χ4n) is 3.33. The van der Waals surface area contributed by atoms with E-state index in [-0.39, 0.29) is 15.8 Å². The summed E-state index contributed by atoms with van der Waals surface area (Å²) in [6, 6.07) is 4.52. The van der Waals surface area contributed by atoms with Crippen LogP contribution in [0.5, 0.6) is 0 Å². The molecule has 8 heteroatoms. The number of hydrogen-bond donors (Lipinski definition) is 2. The van der Waals surface area contributed by atoms with Crippen LogP contribution in [0, 0.1) is 0 Å². The molecule has 3 rings (SSSR count). The van der Waals surface area contributed by atoms with Gasteiger partial charge in [-0.1, -0.05) is 24.4 Å². The fourth-order valence-corrected chi connectivity index (χ4v) is 5.35. The second-order valence-corrected chi connectivity index (χ2v) is 8.89. The van der Waals surface area contributed by atoms with Crippen molar-refractivity contribution < 1.29 is 13.2 Å². The Labute approximate surface area is 147 Å². The molecule has 2 fully saturated rings. The van der Waals surface area contributed by atoms with E-state index in [2.05, 4.69) is 5.32 Å². The molecule has 2 aliphatic rings. The highest BCUT2D eigenvalue weighted by atomic mass is 35.5. The van der Waals surface area contributed by atoms with Crippen LogP contribution in [0.1, 0.15) is 38.5 Å². The van der Waals surface area contributed by atoms with Crippen LogP contribution in [0.25, 0.3) is 0 Å². The van der Waals surface area contributed by atoms with Gasteiger partial charge in [-0.25, -0.2) is 8.42 Å². The number of carbonyl (C=O) groups excluding carboxylic acids is 1. The van der Waals surface area contributed by atoms with Crippen molar-refractivity contribution in [1.29, 1.82) is 0 Å². The Bertz CT molecular complexity index is 739. The maximum Gasteiger partial charge on any atom is 0.244 e. The summed E-state index contributed by atoms with van der Waals surface area (Å²) in [5, 5.41) is 2.90. The first-order valence-corrected chi connectivity index (χ1v) is 10.0. The average Bonchev–Trinajstić information content (AvgIpc) is 3.21. The lowest BCUT2D eigenvalue weighted by molar-refractivity contribution is -0.121. The van der Waals surface area contributed by atoms with Gasteiger partial charge in [0.15, 0.2) is 0 Å². The van der Waals surface area contributed by atoms with Gasteiger partial charge in [-0.3, -0.25) is 4.79 Å². The van der Waals surface area contributed by atoms with Crippen molar-refractivity contribution in [3.8, 4) is 0 Å². The molecule has 1 aromatic rings. The van der Waals surface area contributed by atoms with Crippen LogP contribution >= 0.6 is 11.6 Å². The molecule has 1 aliphatic carbocycles. The number of nitrogens with zero attached hydrogens (tertiary/aromatic N) is 1. The number of halogens is 1. The molecule has 3 N–H and O–H groups in total. The number of nitrogens with one attached hydrogen (secondary N) is 1. The largest absolute Gasteiger partial charge is 0.324 e. The van der Waals surface area contributed by atoms with Crippen LogP contribution in [0.2, 0.25) is 5.02 Å². The van der Waals surface area contributed by atoms with E-state index < -0.39 is 15.6 Å². The SMILES string of the molecule is NC1(C(=O)Nc2ccc(Cl)c(S(=O)(=O)N3CCCC3)c2)CCCC1. The Hall–Kier alpha value is -1.15. The van der Waals surface area contributed by atoms with Crippen molar-refractivity contribution in [2.75, 3.05) is 18.4 Å². The highest BCUT2D eigenvalue weighted by Crippen LogP contribution is 2.31. The predicted octanol–water partition coefficient (Wildman–Crippen LogP) is 2.33. The van der Waals surface area contributed by atoms with Gasteiger partial charge in [0, 0.05) is 18.8 Å². The third-order valence-corrected chi connectivity index (χ3v) is 7.20. The standard InChI is InChI=1S/C16H22ClN3O3S/c17-13-6-5-12(19-15(21)16(18)7-1-2-8-16)11-14(13)24(22,23)20-9-3-4-10-20/h5-6,11H,1-4,7-10,18H2,(H,19,21). The zero-order chi connectivity index (χ0) is 17.4. The normalized spacial score (nSPS) is 21.1. The van der Waals surface area contributed by atoms with Crippen LogP contribution in [0.4, 0.5) is 5.69 Å². The zero-order valence-corrected chi connectivity index (χ0v) is 15.0. The minimum Gasteiger partial charge on any atom is -0.324 e. The molecule has 1 aromatic carbocycles. The highest BCUT2D eigenvalue weighted by molar-refractivity contribution is 7.89. The van der Waals surface area contributed by atoms with E-state index in [1.807, 2.05) is 0 Å². The van der Waals surface area contributed by atoms with Crippen molar-refractivity contribution in [1.82, 2.24) is 4.31 Å². The average molecular weight is 372 g/mol. The highest BCUT2D eigenvalue weighted by Gasteiger charge is 2.37. The van der Waals surface area contributed by atoms with Gasteiger partial charge in [-0.2, -0.15) is 4.31 Å². The van der Waals surface area contributed by atoms with Gasteiger partial charge >= 0.3 is 0 Å². The second-order valence-electron chi connectivity index (χ2n) is 6.57. The second kappa shape index (κ2) is 6.63. The number of hydrogen-bond acceptors (Lipinski definition) is 4. The molecule has 0 atom stereocenters. The first-order chi connectivity index (χ1) is 11.3. The van der Waals surface area contributed by atoms with E-state index in [9.17, 15) is 13.2 Å². The van der Waals surface area contributed by atoms with Gasteiger partial charge in [0.1, 0.15) is 4.90 Å². The topological polar surface area (TPSA) is 92.5 Å². The molecule has 0 unspecified atom stereocenters. The molecular weight excluding hydrogens is 350 g/mol. The minimum absolute atomic E-state index is 0.0290. The van der Waals surface area contributed by atoms with Crippen molar-refractivity contribution in [2.24, 2.45) is 5.73 Å². The number of amides is 1. The first-order valence-electron chi connectivity index (χ1n) is 8.23. The molecule has 1 heterocycles. The first kappa shape index (κ1) is 17.7. The molecule has 0 bridgehead atoms. The lowest BCUT2D eigenvalue weighted by Gasteiger charge is -2.23. The zero-order valence-electron chi connectivity index (χ0n) is 13.4. The Morgan fingerprint density at radius 3 is 2.42 bits per heavy atom. The Morgan fingerprint density at radius 1 is 1.17 bits per heavy atom. The Morgan fingerprint density at radius 2 is 1.79 bits per heavy atom. The molecule has 1 amide bonds. The molecule has 1 saturated carbocycles. The van der Waals surface area contributed by atoms with Crippen molar-refractivity contribution in [3.05, 3.63) is 23.2 Å². The number of sulfonamides is 1. The summed E-state index contributed by atoms with van der Waals surface area (Å²) in [4.78, 5) is 12.4. The molecule has 132 valence electrons. The summed E-state index contributed by atoms with van der Waals surface area (Å²) < 4.78 is 26.9. The summed E-state index contributed by atoms with van der Waals surface area (Å²) >= 11 is 6.11. The third-order valence-electron chi connectivity index (χ3n) is 4.82. The molecule has 0 spiro atoms. The Kier molecular flexibility index (Phi) is 4.88. The van der Waals surface area contributed by atoms with E-state index >= 15 is 0 Å². The summed E-state index contributed by atoms with van der Waals surface area (Å²) in [6.45, 7) is 1.00. The summed E-state index contributed by atoms with van der Waals surface area (Å²) in [6.07, 6.45) is 4.85. The molecule has 0 radical (unpaired) electrons. The third kappa shape index (κ3) is 3.31. The molecule has 0 aromatic heterocycles. The van der Waals surface area contributed by atoms with Crippen molar-refractivity contribution >= 4 is 33.2 Å². The lowest BCUT2D eigenvalue weighted by atomic mass is 9.98. The maximum atomic E-state index is 12.7. The van der Waals surface area contributed by atoms with Gasteiger partial charge in [0.05, 0.1) is 10.6 Å². The van der Waals surface area contributed by atoms with Gasteiger partial charge in [0.25, 0.3) is 0 Å². The number of anilines is 1. The van der Waals surface area contributed by atoms with Crippen LogP contribution < -0.4 is 11.1 Å². The van der Waals surface area contributed by atoms with Crippen molar-refractivity contribution in [3.63, 3.8) is 0 Å². The van der Waals surface area contributed by atoms with Crippen LogP contribution in [-0.4, -0.2) is 37.3 Å². The van der Waals surface area contributed by atoms with E-state index in [0.29, 0.717) is 31.6 Å². The fraction of sp³-hybridized carbons (Fsp3) is 0.562.